The van der Waals surface area contributed by atoms with Crippen LogP contribution in [0.4, 0.5) is 22.0 Å². The summed E-state index contributed by atoms with van der Waals surface area (Å²) in [5.41, 5.74) is -2.42. The molecule has 0 bridgehead atoms. The lowest BCUT2D eigenvalue weighted by atomic mass is 10.2. The normalized spacial score (nSPS) is 12.2. The zero-order valence-corrected chi connectivity index (χ0v) is 17.9. The summed E-state index contributed by atoms with van der Waals surface area (Å²) in [6.45, 7) is 0. The second-order valence-electron chi connectivity index (χ2n) is 6.48. The molecule has 0 unspecified atom stereocenters. The molecule has 0 fully saturated rings. The van der Waals surface area contributed by atoms with E-state index >= 15 is 0 Å². The van der Waals surface area contributed by atoms with Gasteiger partial charge in [0.15, 0.2) is 15.6 Å². The van der Waals surface area contributed by atoms with Gasteiger partial charge in [-0.25, -0.2) is 22.2 Å². The van der Waals surface area contributed by atoms with E-state index in [4.69, 9.17) is 0 Å². The Bertz CT molecular complexity index is 1270. The maximum Gasteiger partial charge on any atom is 0.417 e. The van der Waals surface area contributed by atoms with Crippen LogP contribution >= 0.6 is 15.9 Å². The van der Waals surface area contributed by atoms with Crippen molar-refractivity contribution >= 4 is 31.6 Å². The minimum atomic E-state index is -4.98. The van der Waals surface area contributed by atoms with Crippen molar-refractivity contribution in [2.45, 2.75) is 11.1 Å². The highest BCUT2D eigenvalue weighted by atomic mass is 79.9. The van der Waals surface area contributed by atoms with Crippen LogP contribution in [0.2, 0.25) is 0 Å². The number of imidazole rings is 1. The van der Waals surface area contributed by atoms with E-state index in [0.717, 1.165) is 41.1 Å². The van der Waals surface area contributed by atoms with E-state index in [1.165, 1.54) is 7.05 Å². The number of aromatic nitrogens is 2. The molecule has 0 atom stereocenters. The van der Waals surface area contributed by atoms with Gasteiger partial charge in [-0.3, -0.25) is 4.79 Å². The Kier molecular flexibility index (Phi) is 6.07. The number of Topliss-reactive ketones (excluding diaryl/α,β-unsaturated/α-hetero) is 1. The van der Waals surface area contributed by atoms with Gasteiger partial charge in [-0.05, 0) is 30.3 Å². The lowest BCUT2D eigenvalue weighted by Crippen LogP contribution is -2.20. The van der Waals surface area contributed by atoms with E-state index in [0.29, 0.717) is 6.07 Å². The summed E-state index contributed by atoms with van der Waals surface area (Å²) in [5.74, 6) is -4.63. The molecule has 0 saturated heterocycles. The van der Waals surface area contributed by atoms with Gasteiger partial charge in [-0.1, -0.05) is 22.0 Å². The third-order valence-electron chi connectivity index (χ3n) is 4.25. The first-order chi connectivity index (χ1) is 14.3. The van der Waals surface area contributed by atoms with Gasteiger partial charge < -0.3 is 4.57 Å². The molecule has 0 N–H and O–H groups in total. The number of benzene rings is 2. The summed E-state index contributed by atoms with van der Waals surface area (Å²) >= 11 is 2.85. The first-order valence-corrected chi connectivity index (χ1v) is 10.9. The Morgan fingerprint density at radius 2 is 1.74 bits per heavy atom. The number of nitrogens with zero attached hydrogens (tertiary/aromatic N) is 2. The number of hydrogen-bond acceptors (Lipinski definition) is 4. The van der Waals surface area contributed by atoms with Gasteiger partial charge in [0.25, 0.3) is 0 Å². The number of hydrogen-bond donors (Lipinski definition) is 0. The lowest BCUT2D eigenvalue weighted by molar-refractivity contribution is -0.139. The molecule has 0 saturated carbocycles. The SMILES string of the molecule is Cn1cc(C(=O)CS(=O)(=O)c2ccc(Br)cc2C(F)(F)F)nc1-c1c(F)cccc1F. The molecule has 3 aromatic rings. The summed E-state index contributed by atoms with van der Waals surface area (Å²) in [7, 11) is -3.38. The van der Waals surface area contributed by atoms with Crippen molar-refractivity contribution in [3.8, 4) is 11.4 Å². The van der Waals surface area contributed by atoms with Crippen molar-refractivity contribution < 1.29 is 35.2 Å². The molecule has 12 heteroatoms. The monoisotopic (exact) mass is 522 g/mol. The number of carbonyl (C=O) groups is 1. The van der Waals surface area contributed by atoms with Crippen molar-refractivity contribution in [1.29, 1.82) is 0 Å². The number of alkyl halides is 3. The average Bonchev–Trinajstić information content (AvgIpc) is 3.02. The third kappa shape index (κ3) is 4.69. The van der Waals surface area contributed by atoms with E-state index in [1.807, 2.05) is 0 Å². The van der Waals surface area contributed by atoms with Gasteiger partial charge in [0.2, 0.25) is 0 Å². The van der Waals surface area contributed by atoms with Crippen LogP contribution in [0.15, 0.2) is 52.0 Å². The number of ketones is 1. The molecule has 3 rings (SSSR count). The molecule has 0 aliphatic heterocycles. The molecule has 164 valence electrons. The topological polar surface area (TPSA) is 69.0 Å². The van der Waals surface area contributed by atoms with Crippen LogP contribution in [-0.4, -0.2) is 29.5 Å². The Morgan fingerprint density at radius 1 is 1.13 bits per heavy atom. The number of rotatable bonds is 5. The Balaban J connectivity index is 1.98. The van der Waals surface area contributed by atoms with Gasteiger partial charge in [-0.15, -0.1) is 0 Å². The number of carbonyl (C=O) groups excluding carboxylic acids is 1. The third-order valence-corrected chi connectivity index (χ3v) is 6.41. The molecular weight excluding hydrogens is 511 g/mol. The van der Waals surface area contributed by atoms with Crippen LogP contribution in [-0.2, 0) is 23.1 Å². The summed E-state index contributed by atoms with van der Waals surface area (Å²) in [5, 5.41) is 0. The standard InChI is InChI=1S/C19H12BrF5N2O3S/c1-27-8-14(26-18(27)17-12(21)3-2-4-13(17)22)15(28)9-31(29,30)16-6-5-10(20)7-11(16)19(23,24)25/h2-8H,9H2,1H3. The molecule has 1 aromatic heterocycles. The van der Waals surface area contributed by atoms with Crippen LogP contribution in [0, 0.1) is 11.6 Å². The van der Waals surface area contributed by atoms with Crippen molar-refractivity contribution in [3.05, 3.63) is 70.0 Å². The number of halogens is 6. The van der Waals surface area contributed by atoms with Gasteiger partial charge in [0.05, 0.1) is 16.0 Å². The van der Waals surface area contributed by atoms with Crippen LogP contribution in [0.3, 0.4) is 0 Å². The Hall–Kier alpha value is -2.60. The number of aryl methyl sites for hydroxylation is 1. The van der Waals surface area contributed by atoms with E-state index in [1.54, 1.807) is 0 Å². The molecule has 0 radical (unpaired) electrons. The van der Waals surface area contributed by atoms with Gasteiger partial charge in [0, 0.05) is 17.7 Å². The molecule has 5 nitrogen and oxygen atoms in total. The fraction of sp³-hybridized carbons (Fsp3) is 0.158. The second-order valence-corrected chi connectivity index (χ2v) is 9.35. The molecular formula is C19H12BrF5N2O3S. The minimum absolute atomic E-state index is 0.00591. The minimum Gasteiger partial charge on any atom is -0.333 e. The zero-order valence-electron chi connectivity index (χ0n) is 15.5. The van der Waals surface area contributed by atoms with Crippen molar-refractivity contribution in [2.75, 3.05) is 5.75 Å². The van der Waals surface area contributed by atoms with E-state index in [9.17, 15) is 35.2 Å². The van der Waals surface area contributed by atoms with Crippen LogP contribution in [0.1, 0.15) is 16.1 Å². The van der Waals surface area contributed by atoms with Crippen molar-refractivity contribution in [1.82, 2.24) is 9.55 Å². The second kappa shape index (κ2) is 8.15. The fourth-order valence-electron chi connectivity index (χ4n) is 2.86. The maximum atomic E-state index is 14.0. The highest BCUT2D eigenvalue weighted by Crippen LogP contribution is 2.36. The molecule has 31 heavy (non-hydrogen) atoms. The molecule has 1 heterocycles. The summed E-state index contributed by atoms with van der Waals surface area (Å²) < 4.78 is 94.2. The molecule has 2 aromatic carbocycles. The molecule has 0 spiro atoms. The number of sulfone groups is 1. The van der Waals surface area contributed by atoms with Crippen molar-refractivity contribution in [3.63, 3.8) is 0 Å². The first-order valence-electron chi connectivity index (χ1n) is 8.41. The maximum absolute atomic E-state index is 14.0. The van der Waals surface area contributed by atoms with E-state index in [2.05, 4.69) is 20.9 Å². The highest BCUT2D eigenvalue weighted by Gasteiger charge is 2.38. The smallest absolute Gasteiger partial charge is 0.333 e. The largest absolute Gasteiger partial charge is 0.417 e. The summed E-state index contributed by atoms with van der Waals surface area (Å²) in [6, 6.07) is 5.53. The first kappa shape index (κ1) is 23.1. The average molecular weight is 523 g/mol. The van der Waals surface area contributed by atoms with Crippen LogP contribution < -0.4 is 0 Å². The molecule has 0 amide bonds. The van der Waals surface area contributed by atoms with E-state index in [-0.39, 0.29) is 10.3 Å². The van der Waals surface area contributed by atoms with Crippen LogP contribution in [0.5, 0.6) is 0 Å². The lowest BCUT2D eigenvalue weighted by Gasteiger charge is -2.13. The molecule has 0 aliphatic carbocycles. The van der Waals surface area contributed by atoms with Crippen LogP contribution in [0.25, 0.3) is 11.4 Å². The van der Waals surface area contributed by atoms with Gasteiger partial charge >= 0.3 is 6.18 Å². The quantitative estimate of drug-likeness (QED) is 0.356. The predicted octanol–water partition coefficient (Wildman–Crippen LogP) is 4.80. The fourth-order valence-corrected chi connectivity index (χ4v) is 4.66. The predicted molar refractivity (Wildman–Crippen MR) is 104 cm³/mol. The summed E-state index contributed by atoms with van der Waals surface area (Å²) in [6.07, 6.45) is -3.93. The van der Waals surface area contributed by atoms with Gasteiger partial charge in [-0.2, -0.15) is 13.2 Å². The van der Waals surface area contributed by atoms with Crippen molar-refractivity contribution in [2.24, 2.45) is 7.05 Å². The Labute approximate surface area is 181 Å². The Morgan fingerprint density at radius 3 is 2.32 bits per heavy atom. The van der Waals surface area contributed by atoms with Gasteiger partial charge in [0.1, 0.15) is 28.9 Å². The van der Waals surface area contributed by atoms with E-state index < -0.39 is 60.9 Å². The highest BCUT2D eigenvalue weighted by molar-refractivity contribution is 9.10. The summed E-state index contributed by atoms with van der Waals surface area (Å²) in [4.78, 5) is 15.2. The zero-order chi connectivity index (χ0) is 23.1. The molecule has 0 aliphatic rings.